The van der Waals surface area contributed by atoms with Crippen molar-refractivity contribution in [2.45, 2.75) is 57.6 Å². The van der Waals surface area contributed by atoms with E-state index in [0.717, 1.165) is 52.4 Å². The molecule has 0 unspecified atom stereocenters. The van der Waals surface area contributed by atoms with E-state index in [4.69, 9.17) is 0 Å². The number of benzene rings is 3. The van der Waals surface area contributed by atoms with Crippen LogP contribution >= 0.6 is 0 Å². The Morgan fingerprint density at radius 1 is 1.00 bits per heavy atom. The predicted octanol–water partition coefficient (Wildman–Crippen LogP) is 4.11. The van der Waals surface area contributed by atoms with Gasteiger partial charge in [-0.15, -0.1) is 0 Å². The number of aliphatic hydroxyl groups is 1. The van der Waals surface area contributed by atoms with Crippen molar-refractivity contribution < 1.29 is 27.1 Å². The summed E-state index contributed by atoms with van der Waals surface area (Å²) in [5, 5.41) is 17.2. The minimum Gasteiger partial charge on any atom is -0.390 e. The van der Waals surface area contributed by atoms with Crippen LogP contribution in [0.2, 0.25) is 0 Å². The third-order valence-electron chi connectivity index (χ3n) is 7.01. The Labute approximate surface area is 228 Å². The monoisotopic (exact) mass is 556 g/mol. The molecule has 208 valence electrons. The molecule has 3 aromatic carbocycles. The Bertz CT molecular complexity index is 1440. The molecule has 1 aliphatic heterocycles. The molecule has 0 saturated carbocycles. The standard InChI is InChI=1S/C30H34F2N2O4S/c1-4-20-5-6-22-16-39(37,38)17-28(26(22)12-20)33-15-29(35)27(13-21-10-24(31)14-25(32)11-21)34-30(36)23-8-18(2)7-19(3)9-23/h5-12,14,27-29,33,35H,4,13,15-17H2,1-3H3,(H,34,36)/t27-,28-,29+/m0/s1. The Hall–Kier alpha value is -3.14. The van der Waals surface area contributed by atoms with Gasteiger partial charge < -0.3 is 15.7 Å². The molecular weight excluding hydrogens is 522 g/mol. The average molecular weight is 557 g/mol. The highest BCUT2D eigenvalue weighted by atomic mass is 32.2. The van der Waals surface area contributed by atoms with Gasteiger partial charge in [-0.1, -0.05) is 42.3 Å². The number of amides is 1. The highest BCUT2D eigenvalue weighted by Gasteiger charge is 2.31. The first kappa shape index (κ1) is 28.9. The van der Waals surface area contributed by atoms with Crippen LogP contribution in [-0.4, -0.2) is 43.9 Å². The van der Waals surface area contributed by atoms with E-state index in [1.54, 1.807) is 12.1 Å². The van der Waals surface area contributed by atoms with E-state index in [2.05, 4.69) is 10.6 Å². The summed E-state index contributed by atoms with van der Waals surface area (Å²) >= 11 is 0. The molecule has 0 fully saturated rings. The molecule has 0 saturated heterocycles. The molecule has 1 amide bonds. The van der Waals surface area contributed by atoms with Gasteiger partial charge in [0.2, 0.25) is 0 Å². The molecule has 1 aliphatic rings. The summed E-state index contributed by atoms with van der Waals surface area (Å²) < 4.78 is 53.0. The molecule has 6 nitrogen and oxygen atoms in total. The van der Waals surface area contributed by atoms with Crippen molar-refractivity contribution in [1.29, 1.82) is 0 Å². The number of rotatable bonds is 9. The van der Waals surface area contributed by atoms with Crippen molar-refractivity contribution >= 4 is 15.7 Å². The molecule has 39 heavy (non-hydrogen) atoms. The van der Waals surface area contributed by atoms with Gasteiger partial charge in [-0.05, 0) is 73.2 Å². The van der Waals surface area contributed by atoms with Gasteiger partial charge in [0.05, 0.1) is 23.7 Å². The van der Waals surface area contributed by atoms with E-state index >= 15 is 0 Å². The normalized spacial score (nSPS) is 17.7. The number of nitrogens with one attached hydrogen (secondary N) is 2. The lowest BCUT2D eigenvalue weighted by molar-refractivity contribution is 0.0825. The number of halogens is 2. The third kappa shape index (κ3) is 7.50. The fourth-order valence-electron chi connectivity index (χ4n) is 5.16. The number of sulfone groups is 1. The van der Waals surface area contributed by atoms with Gasteiger partial charge in [-0.2, -0.15) is 0 Å². The van der Waals surface area contributed by atoms with Gasteiger partial charge in [0.15, 0.2) is 9.84 Å². The first-order valence-electron chi connectivity index (χ1n) is 13.0. The molecule has 1 heterocycles. The van der Waals surface area contributed by atoms with Crippen LogP contribution in [0.4, 0.5) is 8.78 Å². The van der Waals surface area contributed by atoms with Gasteiger partial charge >= 0.3 is 0 Å². The van der Waals surface area contributed by atoms with E-state index in [9.17, 15) is 27.1 Å². The summed E-state index contributed by atoms with van der Waals surface area (Å²) in [6.45, 7) is 5.71. The van der Waals surface area contributed by atoms with Crippen molar-refractivity contribution in [3.63, 3.8) is 0 Å². The molecule has 0 aliphatic carbocycles. The Morgan fingerprint density at radius 3 is 2.31 bits per heavy atom. The molecule has 4 rings (SSSR count). The summed E-state index contributed by atoms with van der Waals surface area (Å²) in [4.78, 5) is 13.1. The zero-order chi connectivity index (χ0) is 28.3. The molecular formula is C30H34F2N2O4S. The number of aliphatic hydroxyl groups excluding tert-OH is 1. The van der Waals surface area contributed by atoms with Crippen molar-refractivity contribution in [1.82, 2.24) is 10.6 Å². The van der Waals surface area contributed by atoms with E-state index in [1.165, 1.54) is 0 Å². The van der Waals surface area contributed by atoms with Gasteiger partial charge in [0.1, 0.15) is 11.6 Å². The quantitative estimate of drug-likeness (QED) is 0.369. The van der Waals surface area contributed by atoms with E-state index in [0.29, 0.717) is 5.56 Å². The zero-order valence-corrected chi connectivity index (χ0v) is 23.1. The summed E-state index contributed by atoms with van der Waals surface area (Å²) in [6, 6.07) is 12.8. The van der Waals surface area contributed by atoms with Crippen LogP contribution in [0.25, 0.3) is 0 Å². The van der Waals surface area contributed by atoms with Gasteiger partial charge in [-0.3, -0.25) is 4.79 Å². The molecule has 0 aromatic heterocycles. The highest BCUT2D eigenvalue weighted by molar-refractivity contribution is 7.90. The molecule has 0 spiro atoms. The molecule has 3 atom stereocenters. The second-order valence-electron chi connectivity index (χ2n) is 10.4. The van der Waals surface area contributed by atoms with Crippen LogP contribution < -0.4 is 10.6 Å². The lowest BCUT2D eigenvalue weighted by atomic mass is 9.96. The fraction of sp³-hybridized carbons (Fsp3) is 0.367. The minimum atomic E-state index is -3.35. The molecule has 9 heteroatoms. The Kier molecular flexibility index (Phi) is 8.83. The first-order valence-corrected chi connectivity index (χ1v) is 14.8. The van der Waals surface area contributed by atoms with Gasteiger partial charge in [0.25, 0.3) is 5.91 Å². The van der Waals surface area contributed by atoms with Gasteiger partial charge in [0, 0.05) is 24.2 Å². The van der Waals surface area contributed by atoms with Crippen molar-refractivity contribution in [3.8, 4) is 0 Å². The molecule has 0 radical (unpaired) electrons. The predicted molar refractivity (Wildman–Crippen MR) is 147 cm³/mol. The van der Waals surface area contributed by atoms with Gasteiger partial charge in [-0.25, -0.2) is 17.2 Å². The maximum absolute atomic E-state index is 13.9. The summed E-state index contributed by atoms with van der Waals surface area (Å²) in [5.41, 5.74) is 5.15. The summed E-state index contributed by atoms with van der Waals surface area (Å²) in [6.07, 6.45) is -0.423. The largest absolute Gasteiger partial charge is 0.390 e. The van der Waals surface area contributed by atoms with E-state index in [-0.39, 0.29) is 30.0 Å². The maximum atomic E-state index is 13.9. The topological polar surface area (TPSA) is 95.5 Å². The van der Waals surface area contributed by atoms with Crippen molar-refractivity contribution in [2.75, 3.05) is 12.3 Å². The second-order valence-corrected chi connectivity index (χ2v) is 12.5. The zero-order valence-electron chi connectivity index (χ0n) is 22.3. The highest BCUT2D eigenvalue weighted by Crippen LogP contribution is 2.29. The van der Waals surface area contributed by atoms with Crippen LogP contribution in [0, 0.1) is 25.5 Å². The molecule has 0 bridgehead atoms. The van der Waals surface area contributed by atoms with Crippen LogP contribution in [0.3, 0.4) is 0 Å². The third-order valence-corrected chi connectivity index (χ3v) is 8.60. The molecule has 3 N–H and O–H groups in total. The second kappa shape index (κ2) is 11.9. The van der Waals surface area contributed by atoms with Crippen molar-refractivity contribution in [2.24, 2.45) is 0 Å². The average Bonchev–Trinajstić information content (AvgIpc) is 2.84. The van der Waals surface area contributed by atoms with Crippen molar-refractivity contribution in [3.05, 3.63) is 105 Å². The Morgan fingerprint density at radius 2 is 1.67 bits per heavy atom. The minimum absolute atomic E-state index is 0.0341. The SMILES string of the molecule is CCc1ccc2c(c1)[C@@H](NC[C@@H](O)[C@H](Cc1cc(F)cc(F)c1)NC(=O)c1cc(C)cc(C)c1)CS(=O)(=O)C2. The number of carbonyl (C=O) groups excluding carboxylic acids is 1. The van der Waals surface area contributed by atoms with Crippen LogP contribution in [0.15, 0.2) is 54.6 Å². The fourth-order valence-corrected chi connectivity index (χ4v) is 6.82. The van der Waals surface area contributed by atoms with Crippen LogP contribution in [0.1, 0.15) is 56.7 Å². The van der Waals surface area contributed by atoms with Crippen LogP contribution in [-0.2, 0) is 28.4 Å². The smallest absolute Gasteiger partial charge is 0.251 e. The summed E-state index contributed by atoms with van der Waals surface area (Å²) in [5.74, 6) is -2.09. The Balaban J connectivity index is 1.57. The van der Waals surface area contributed by atoms with E-state index < -0.39 is 45.6 Å². The number of carbonyl (C=O) groups is 1. The van der Waals surface area contributed by atoms with Crippen LogP contribution in [0.5, 0.6) is 0 Å². The lowest BCUT2D eigenvalue weighted by Crippen LogP contribution is -2.50. The maximum Gasteiger partial charge on any atom is 0.251 e. The summed E-state index contributed by atoms with van der Waals surface area (Å²) in [7, 11) is -3.35. The number of fused-ring (bicyclic) bond motifs is 1. The number of aryl methyl sites for hydroxylation is 3. The number of hydrogen-bond donors (Lipinski definition) is 3. The van der Waals surface area contributed by atoms with E-state index in [1.807, 2.05) is 45.0 Å². The lowest BCUT2D eigenvalue weighted by Gasteiger charge is -2.30. The number of hydrogen-bond acceptors (Lipinski definition) is 5. The first-order chi connectivity index (χ1) is 18.4. The molecule has 3 aromatic rings.